The average Bonchev–Trinajstić information content (AvgIpc) is 2.70. The van der Waals surface area contributed by atoms with Crippen molar-refractivity contribution < 1.29 is 0 Å². The van der Waals surface area contributed by atoms with Gasteiger partial charge < -0.3 is 20.4 Å². The van der Waals surface area contributed by atoms with E-state index in [0.29, 0.717) is 12.1 Å². The summed E-state index contributed by atoms with van der Waals surface area (Å²) in [4.78, 5) is 19.4. The molecule has 7 nitrogen and oxygen atoms in total. The van der Waals surface area contributed by atoms with Gasteiger partial charge in [-0.3, -0.25) is 0 Å². The van der Waals surface area contributed by atoms with Crippen LogP contribution in [0.25, 0.3) is 0 Å². The van der Waals surface area contributed by atoms with Crippen molar-refractivity contribution in [1.82, 2.24) is 25.6 Å². The van der Waals surface area contributed by atoms with Crippen LogP contribution in [0.4, 0.5) is 11.9 Å². The number of rotatable bonds is 10. The summed E-state index contributed by atoms with van der Waals surface area (Å²) in [5.41, 5.74) is 0.261. The molecule has 1 aromatic rings. The maximum Gasteiger partial charge on any atom is 0.231 e. The Hall–Kier alpha value is -1.47. The van der Waals surface area contributed by atoms with Gasteiger partial charge in [-0.25, -0.2) is 0 Å². The van der Waals surface area contributed by atoms with Gasteiger partial charge in [0.1, 0.15) is 0 Å². The second kappa shape index (κ2) is 11.1. The van der Waals surface area contributed by atoms with Crippen LogP contribution in [0.2, 0.25) is 0 Å². The number of aromatic nitrogens is 3. The van der Waals surface area contributed by atoms with Gasteiger partial charge >= 0.3 is 0 Å². The molecule has 2 aliphatic heterocycles. The van der Waals surface area contributed by atoms with Crippen molar-refractivity contribution in [1.29, 1.82) is 0 Å². The Bertz CT molecular complexity index is 751. The topological polar surface area (TPSA) is 69.2 Å². The fourth-order valence-electron chi connectivity index (χ4n) is 7.04. The van der Waals surface area contributed by atoms with E-state index in [0.717, 1.165) is 76.4 Å². The number of hydrogen-bond donors (Lipinski definition) is 2. The summed E-state index contributed by atoms with van der Waals surface area (Å²) in [5, 5.41) is 7.67. The Morgan fingerprint density at radius 2 is 1.00 bits per heavy atom. The van der Waals surface area contributed by atoms with Crippen LogP contribution >= 0.6 is 0 Å². The summed E-state index contributed by atoms with van der Waals surface area (Å²) >= 11 is 0. The van der Waals surface area contributed by atoms with Crippen LogP contribution in [0.15, 0.2) is 0 Å². The third-order valence-electron chi connectivity index (χ3n) is 7.74. The molecule has 0 bridgehead atoms. The van der Waals surface area contributed by atoms with E-state index in [1.54, 1.807) is 0 Å². The van der Waals surface area contributed by atoms with Crippen molar-refractivity contribution in [2.24, 2.45) is 0 Å². The van der Waals surface area contributed by atoms with E-state index in [1.807, 2.05) is 0 Å². The number of anilines is 2. The summed E-state index contributed by atoms with van der Waals surface area (Å²) in [6, 6.07) is 0.763. The summed E-state index contributed by atoms with van der Waals surface area (Å²) in [6.07, 6.45) is 11.8. The van der Waals surface area contributed by atoms with Crippen molar-refractivity contribution >= 4 is 11.9 Å². The van der Waals surface area contributed by atoms with Gasteiger partial charge in [0, 0.05) is 47.3 Å². The number of nitrogens with one attached hydrogen (secondary N) is 2. The lowest BCUT2D eigenvalue weighted by Crippen LogP contribution is -2.63. The van der Waals surface area contributed by atoms with E-state index in [2.05, 4.69) is 106 Å². The number of piperidine rings is 2. The van der Waals surface area contributed by atoms with Crippen LogP contribution in [0, 0.1) is 6.33 Å². The van der Waals surface area contributed by atoms with Crippen LogP contribution in [0.5, 0.6) is 0 Å². The summed E-state index contributed by atoms with van der Waals surface area (Å²) in [7, 11) is 0. The Morgan fingerprint density at radius 1 is 0.667 bits per heavy atom. The molecule has 0 saturated carbocycles. The minimum Gasteiger partial charge on any atom is -0.338 e. The van der Waals surface area contributed by atoms with Crippen molar-refractivity contribution in [3.05, 3.63) is 6.33 Å². The zero-order valence-electron chi connectivity index (χ0n) is 25.0. The van der Waals surface area contributed by atoms with Crippen molar-refractivity contribution in [2.75, 3.05) is 22.9 Å². The molecule has 0 spiro atoms. The Balaban J connectivity index is 1.96. The van der Waals surface area contributed by atoms with Gasteiger partial charge in [-0.05, 0) is 93.9 Å². The third-order valence-corrected chi connectivity index (χ3v) is 7.74. The van der Waals surface area contributed by atoms with Gasteiger partial charge in [0.15, 0.2) is 0 Å². The van der Waals surface area contributed by atoms with E-state index < -0.39 is 0 Å². The van der Waals surface area contributed by atoms with Crippen molar-refractivity contribution in [3.8, 4) is 0 Å². The van der Waals surface area contributed by atoms with Crippen molar-refractivity contribution in [2.45, 2.75) is 155 Å². The predicted octanol–water partition coefficient (Wildman–Crippen LogP) is 5.50. The Kier molecular flexibility index (Phi) is 8.97. The smallest absolute Gasteiger partial charge is 0.231 e. The molecule has 0 unspecified atom stereocenters. The predicted molar refractivity (Wildman–Crippen MR) is 152 cm³/mol. The fraction of sp³-hybridized carbons (Fsp3) is 0.897. The average molecular weight is 501 g/mol. The summed E-state index contributed by atoms with van der Waals surface area (Å²) in [6.45, 7) is 25.0. The van der Waals surface area contributed by atoms with E-state index in [4.69, 9.17) is 4.98 Å². The molecule has 0 amide bonds. The molecule has 36 heavy (non-hydrogen) atoms. The quantitative estimate of drug-likeness (QED) is 0.439. The number of nitrogens with zero attached hydrogens (tertiary/aromatic N) is 5. The SMILES string of the molecule is CCCCN(c1n[c]nc(N(CCCC)C2CC(C)(C)NC(C)(C)C2)n1)C1CC(C)(C)NC(C)(C)C1. The molecule has 3 heterocycles. The lowest BCUT2D eigenvalue weighted by molar-refractivity contribution is 0.157. The highest BCUT2D eigenvalue weighted by molar-refractivity contribution is 5.40. The number of hydrogen-bond acceptors (Lipinski definition) is 7. The van der Waals surface area contributed by atoms with Crippen LogP contribution < -0.4 is 20.4 Å². The van der Waals surface area contributed by atoms with Crippen LogP contribution in [0.1, 0.15) is 121 Å². The zero-order valence-corrected chi connectivity index (χ0v) is 25.0. The molecule has 1 aromatic heterocycles. The Morgan fingerprint density at radius 3 is 1.31 bits per heavy atom. The molecule has 0 atom stereocenters. The molecule has 1 radical (unpaired) electrons. The molecular weight excluding hydrogens is 446 g/mol. The third kappa shape index (κ3) is 7.77. The lowest BCUT2D eigenvalue weighted by atomic mass is 9.79. The van der Waals surface area contributed by atoms with Gasteiger partial charge in [-0.15, -0.1) is 0 Å². The number of unbranched alkanes of at least 4 members (excludes halogenated alkanes) is 2. The van der Waals surface area contributed by atoms with Gasteiger partial charge in [0.05, 0.1) is 0 Å². The standard InChI is InChI=1S/C29H54N7/c1-11-13-15-35(22-17-26(3,4)33-27(5,6)18-22)24-30-21-31-25(32-24)36(16-14-12-2)23-19-28(7,8)34-29(9,10)20-23/h22-23,33-34H,11-20H2,1-10H3. The molecule has 7 heteroatoms. The van der Waals surface area contributed by atoms with Gasteiger partial charge in [-0.2, -0.15) is 15.0 Å². The molecule has 2 N–H and O–H groups in total. The maximum atomic E-state index is 5.18. The second-order valence-electron chi connectivity index (χ2n) is 14.0. The largest absolute Gasteiger partial charge is 0.338 e. The van der Waals surface area contributed by atoms with Gasteiger partial charge in [0.25, 0.3) is 0 Å². The Labute approximate surface area is 221 Å². The first-order valence-corrected chi connectivity index (χ1v) is 14.4. The van der Waals surface area contributed by atoms with Crippen LogP contribution in [-0.4, -0.2) is 62.3 Å². The monoisotopic (exact) mass is 500 g/mol. The molecule has 3 rings (SSSR count). The molecule has 2 saturated heterocycles. The first kappa shape index (κ1) is 29.1. The van der Waals surface area contributed by atoms with Crippen LogP contribution in [-0.2, 0) is 0 Å². The van der Waals surface area contributed by atoms with Crippen molar-refractivity contribution in [3.63, 3.8) is 0 Å². The molecule has 2 fully saturated rings. The fourth-order valence-corrected chi connectivity index (χ4v) is 7.04. The van der Waals surface area contributed by atoms with Crippen LogP contribution in [0.3, 0.4) is 0 Å². The molecular formula is C29H54N7. The molecule has 0 aliphatic carbocycles. The molecule has 0 aromatic carbocycles. The minimum absolute atomic E-state index is 0.0654. The second-order valence-corrected chi connectivity index (χ2v) is 14.0. The van der Waals surface area contributed by atoms with E-state index in [9.17, 15) is 0 Å². The molecule has 205 valence electrons. The minimum atomic E-state index is 0.0654. The highest BCUT2D eigenvalue weighted by Gasteiger charge is 2.42. The maximum absolute atomic E-state index is 5.18. The van der Waals surface area contributed by atoms with Gasteiger partial charge in [0.2, 0.25) is 18.2 Å². The first-order valence-electron chi connectivity index (χ1n) is 14.4. The highest BCUT2D eigenvalue weighted by atomic mass is 15.4. The highest BCUT2D eigenvalue weighted by Crippen LogP contribution is 2.35. The first-order chi connectivity index (χ1) is 16.7. The normalized spacial score (nSPS) is 23.4. The molecule has 2 aliphatic rings. The van der Waals surface area contributed by atoms with Gasteiger partial charge in [-0.1, -0.05) is 26.7 Å². The lowest BCUT2D eigenvalue weighted by Gasteiger charge is -2.50. The summed E-state index contributed by atoms with van der Waals surface area (Å²) in [5.74, 6) is 1.59. The summed E-state index contributed by atoms with van der Waals surface area (Å²) < 4.78 is 0. The van der Waals surface area contributed by atoms with E-state index in [1.165, 1.54) is 0 Å². The van der Waals surface area contributed by atoms with E-state index in [-0.39, 0.29) is 22.2 Å². The van der Waals surface area contributed by atoms with E-state index >= 15 is 0 Å². The zero-order chi connectivity index (χ0) is 26.8.